The minimum absolute atomic E-state index is 0.290. The van der Waals surface area contributed by atoms with E-state index < -0.39 is 10.2 Å². The standard InChI is InChI=1S/C15H21N5O3S/c1-13-12-15(14-2-4-16-5-3-14)18-20(13)7-6-17-24(21,22)19-8-10-23-11-9-19/h2-5,12,17H,6-11H2,1H3. The highest BCUT2D eigenvalue weighted by atomic mass is 32.2. The molecule has 2 aromatic heterocycles. The Kier molecular flexibility index (Phi) is 5.24. The summed E-state index contributed by atoms with van der Waals surface area (Å²) in [7, 11) is -3.46. The third-order valence-electron chi connectivity index (χ3n) is 3.88. The zero-order chi connectivity index (χ0) is 17.0. The molecule has 8 nitrogen and oxygen atoms in total. The van der Waals surface area contributed by atoms with E-state index in [0.717, 1.165) is 17.0 Å². The monoisotopic (exact) mass is 351 g/mol. The summed E-state index contributed by atoms with van der Waals surface area (Å²) in [5, 5.41) is 4.53. The minimum Gasteiger partial charge on any atom is -0.379 e. The second-order valence-electron chi connectivity index (χ2n) is 5.54. The minimum atomic E-state index is -3.46. The van der Waals surface area contributed by atoms with Crippen molar-refractivity contribution in [3.8, 4) is 11.3 Å². The predicted octanol–water partition coefficient (Wildman–Crippen LogP) is 0.420. The maximum absolute atomic E-state index is 12.2. The molecule has 0 aromatic carbocycles. The van der Waals surface area contributed by atoms with Gasteiger partial charge in [-0.15, -0.1) is 0 Å². The molecule has 3 heterocycles. The van der Waals surface area contributed by atoms with E-state index in [1.54, 1.807) is 17.1 Å². The summed E-state index contributed by atoms with van der Waals surface area (Å²) in [6.07, 6.45) is 3.44. The van der Waals surface area contributed by atoms with Crippen molar-refractivity contribution in [2.24, 2.45) is 0 Å². The van der Waals surface area contributed by atoms with Crippen LogP contribution >= 0.6 is 0 Å². The number of ether oxygens (including phenoxy) is 1. The van der Waals surface area contributed by atoms with Crippen molar-refractivity contribution in [2.75, 3.05) is 32.8 Å². The average molecular weight is 351 g/mol. The second-order valence-corrected chi connectivity index (χ2v) is 7.30. The lowest BCUT2D eigenvalue weighted by Crippen LogP contribution is -2.47. The van der Waals surface area contributed by atoms with Gasteiger partial charge in [-0.25, -0.2) is 4.72 Å². The summed E-state index contributed by atoms with van der Waals surface area (Å²) in [5.74, 6) is 0. The van der Waals surface area contributed by atoms with Gasteiger partial charge in [-0.2, -0.15) is 17.8 Å². The Morgan fingerprint density at radius 2 is 1.96 bits per heavy atom. The molecule has 0 unspecified atom stereocenters. The SMILES string of the molecule is Cc1cc(-c2ccncc2)nn1CCNS(=O)(=O)N1CCOCC1. The van der Waals surface area contributed by atoms with E-state index in [4.69, 9.17) is 4.74 Å². The Morgan fingerprint density at radius 3 is 2.67 bits per heavy atom. The highest BCUT2D eigenvalue weighted by Gasteiger charge is 2.23. The van der Waals surface area contributed by atoms with Crippen LogP contribution in [0.25, 0.3) is 11.3 Å². The molecule has 9 heteroatoms. The van der Waals surface area contributed by atoms with E-state index in [1.807, 2.05) is 25.1 Å². The molecule has 1 aliphatic heterocycles. The van der Waals surface area contributed by atoms with Crippen LogP contribution in [0.5, 0.6) is 0 Å². The van der Waals surface area contributed by atoms with Gasteiger partial charge in [-0.05, 0) is 25.1 Å². The van der Waals surface area contributed by atoms with Crippen LogP contribution < -0.4 is 4.72 Å². The smallest absolute Gasteiger partial charge is 0.279 e. The van der Waals surface area contributed by atoms with E-state index in [1.165, 1.54) is 4.31 Å². The van der Waals surface area contributed by atoms with Gasteiger partial charge in [0, 0.05) is 43.3 Å². The van der Waals surface area contributed by atoms with Gasteiger partial charge < -0.3 is 4.74 Å². The Labute approximate surface area is 141 Å². The number of nitrogens with one attached hydrogen (secondary N) is 1. The summed E-state index contributed by atoms with van der Waals surface area (Å²) >= 11 is 0. The Hall–Kier alpha value is -1.81. The van der Waals surface area contributed by atoms with Gasteiger partial charge in [0.05, 0.1) is 25.5 Å². The molecular weight excluding hydrogens is 330 g/mol. The summed E-state index contributed by atoms with van der Waals surface area (Å²) < 4.78 is 35.4. The molecule has 0 bridgehead atoms. The summed E-state index contributed by atoms with van der Waals surface area (Å²) in [6.45, 7) is 4.38. The molecule has 0 saturated carbocycles. The largest absolute Gasteiger partial charge is 0.379 e. The number of pyridine rings is 1. The van der Waals surface area contributed by atoms with Gasteiger partial charge in [-0.1, -0.05) is 0 Å². The first kappa shape index (κ1) is 17.0. The molecule has 0 aliphatic carbocycles. The van der Waals surface area contributed by atoms with Crippen molar-refractivity contribution in [3.05, 3.63) is 36.3 Å². The fourth-order valence-electron chi connectivity index (χ4n) is 2.56. The van der Waals surface area contributed by atoms with Crippen LogP contribution in [-0.2, 0) is 21.5 Å². The summed E-state index contributed by atoms with van der Waals surface area (Å²) in [5.41, 5.74) is 2.82. The number of rotatable bonds is 6. The molecule has 0 radical (unpaired) electrons. The fraction of sp³-hybridized carbons (Fsp3) is 0.467. The van der Waals surface area contributed by atoms with Crippen molar-refractivity contribution in [1.29, 1.82) is 0 Å². The van der Waals surface area contributed by atoms with Gasteiger partial charge in [0.1, 0.15) is 0 Å². The van der Waals surface area contributed by atoms with E-state index in [9.17, 15) is 8.42 Å². The Balaban J connectivity index is 1.60. The molecule has 1 saturated heterocycles. The molecule has 3 rings (SSSR count). The molecule has 0 amide bonds. The van der Waals surface area contributed by atoms with E-state index in [-0.39, 0.29) is 6.54 Å². The van der Waals surface area contributed by atoms with E-state index in [0.29, 0.717) is 32.8 Å². The third-order valence-corrected chi connectivity index (χ3v) is 5.49. The number of aryl methyl sites for hydroxylation is 1. The molecule has 0 atom stereocenters. The molecule has 1 aliphatic rings. The molecule has 1 N–H and O–H groups in total. The van der Waals surface area contributed by atoms with Crippen LogP contribution in [0.3, 0.4) is 0 Å². The van der Waals surface area contributed by atoms with E-state index in [2.05, 4.69) is 14.8 Å². The lowest BCUT2D eigenvalue weighted by molar-refractivity contribution is 0.0725. The van der Waals surface area contributed by atoms with Crippen LogP contribution in [0.1, 0.15) is 5.69 Å². The van der Waals surface area contributed by atoms with Crippen LogP contribution in [0.2, 0.25) is 0 Å². The van der Waals surface area contributed by atoms with Gasteiger partial charge in [0.25, 0.3) is 10.2 Å². The fourth-order valence-corrected chi connectivity index (χ4v) is 3.72. The Bertz CT molecular complexity index is 770. The summed E-state index contributed by atoms with van der Waals surface area (Å²) in [6, 6.07) is 5.77. The van der Waals surface area contributed by atoms with Crippen molar-refractivity contribution < 1.29 is 13.2 Å². The van der Waals surface area contributed by atoms with Crippen LogP contribution in [0.15, 0.2) is 30.6 Å². The Morgan fingerprint density at radius 1 is 1.25 bits per heavy atom. The number of nitrogens with zero attached hydrogens (tertiary/aromatic N) is 4. The van der Waals surface area contributed by atoms with Crippen LogP contribution in [0.4, 0.5) is 0 Å². The quantitative estimate of drug-likeness (QED) is 0.815. The van der Waals surface area contributed by atoms with Crippen LogP contribution in [0, 0.1) is 6.92 Å². The van der Waals surface area contributed by atoms with Crippen molar-refractivity contribution in [1.82, 2.24) is 23.8 Å². The van der Waals surface area contributed by atoms with Crippen LogP contribution in [-0.4, -0.2) is 60.3 Å². The zero-order valence-electron chi connectivity index (χ0n) is 13.6. The highest BCUT2D eigenvalue weighted by Crippen LogP contribution is 2.17. The molecule has 0 spiro atoms. The second kappa shape index (κ2) is 7.39. The normalized spacial score (nSPS) is 16.4. The lowest BCUT2D eigenvalue weighted by Gasteiger charge is -2.26. The topological polar surface area (TPSA) is 89.3 Å². The molecule has 2 aromatic rings. The highest BCUT2D eigenvalue weighted by molar-refractivity contribution is 7.87. The predicted molar refractivity (Wildman–Crippen MR) is 89.5 cm³/mol. The van der Waals surface area contributed by atoms with Gasteiger partial charge in [-0.3, -0.25) is 9.67 Å². The van der Waals surface area contributed by atoms with Crippen molar-refractivity contribution in [3.63, 3.8) is 0 Å². The molecule has 24 heavy (non-hydrogen) atoms. The molecule has 1 fully saturated rings. The maximum atomic E-state index is 12.2. The lowest BCUT2D eigenvalue weighted by atomic mass is 10.2. The van der Waals surface area contributed by atoms with Crippen molar-refractivity contribution >= 4 is 10.2 Å². The average Bonchev–Trinajstić information content (AvgIpc) is 2.97. The maximum Gasteiger partial charge on any atom is 0.279 e. The number of hydrogen-bond donors (Lipinski definition) is 1. The zero-order valence-corrected chi connectivity index (χ0v) is 14.4. The number of morpholine rings is 1. The van der Waals surface area contributed by atoms with Gasteiger partial charge in [0.15, 0.2) is 0 Å². The first-order valence-corrected chi connectivity index (χ1v) is 9.27. The van der Waals surface area contributed by atoms with Gasteiger partial charge in [0.2, 0.25) is 0 Å². The number of aromatic nitrogens is 3. The first-order valence-electron chi connectivity index (χ1n) is 7.83. The molecule has 130 valence electrons. The van der Waals surface area contributed by atoms with Crippen molar-refractivity contribution in [2.45, 2.75) is 13.5 Å². The molecular formula is C15H21N5O3S. The third kappa shape index (κ3) is 3.99. The number of hydrogen-bond acceptors (Lipinski definition) is 5. The summed E-state index contributed by atoms with van der Waals surface area (Å²) in [4.78, 5) is 4.00. The first-order chi connectivity index (χ1) is 11.6. The van der Waals surface area contributed by atoms with Gasteiger partial charge >= 0.3 is 0 Å². The van der Waals surface area contributed by atoms with E-state index >= 15 is 0 Å².